The number of aryl methyl sites for hydroxylation is 1. The van der Waals surface area contributed by atoms with Crippen molar-refractivity contribution in [2.75, 3.05) is 32.0 Å². The molecular formula is C19H21FN4. The molecule has 0 spiro atoms. The number of anilines is 1. The average Bonchev–Trinajstić information content (AvgIpc) is 3.19. The number of halogens is 1. The first-order valence-corrected chi connectivity index (χ1v) is 8.35. The van der Waals surface area contributed by atoms with Gasteiger partial charge in [-0.15, -0.1) is 0 Å². The van der Waals surface area contributed by atoms with E-state index in [1.54, 1.807) is 12.3 Å². The summed E-state index contributed by atoms with van der Waals surface area (Å²) in [6, 6.07) is 5.87. The number of likely N-dealkylation sites (tertiary alicyclic amines) is 1. The van der Waals surface area contributed by atoms with Gasteiger partial charge >= 0.3 is 0 Å². The van der Waals surface area contributed by atoms with Crippen LogP contribution in [0.1, 0.15) is 17.7 Å². The van der Waals surface area contributed by atoms with Crippen LogP contribution in [0, 0.1) is 12.7 Å². The van der Waals surface area contributed by atoms with Crippen molar-refractivity contribution >= 4 is 28.4 Å². The number of nitrogens with one attached hydrogen (secondary N) is 1. The molecule has 24 heavy (non-hydrogen) atoms. The Balaban J connectivity index is 1.75. The Morgan fingerprint density at radius 1 is 1.29 bits per heavy atom. The third kappa shape index (κ3) is 2.80. The molecule has 1 atom stereocenters. The fourth-order valence-electron chi connectivity index (χ4n) is 3.54. The van der Waals surface area contributed by atoms with Gasteiger partial charge in [-0.1, -0.05) is 0 Å². The van der Waals surface area contributed by atoms with Gasteiger partial charge in [0.05, 0.1) is 12.1 Å². The van der Waals surface area contributed by atoms with Crippen molar-refractivity contribution in [1.82, 2.24) is 9.88 Å². The van der Waals surface area contributed by atoms with Crippen LogP contribution in [0.3, 0.4) is 0 Å². The zero-order chi connectivity index (χ0) is 16.7. The van der Waals surface area contributed by atoms with Crippen LogP contribution in [0.4, 0.5) is 10.1 Å². The highest BCUT2D eigenvalue weighted by Gasteiger charge is 2.21. The molecule has 2 aliphatic heterocycles. The van der Waals surface area contributed by atoms with Crippen LogP contribution >= 0.6 is 0 Å². The molecule has 0 radical (unpaired) electrons. The smallest absolute Gasteiger partial charge is 0.131 e. The Bertz CT molecular complexity index is 856. The van der Waals surface area contributed by atoms with Gasteiger partial charge in [0.2, 0.25) is 0 Å². The third-order valence-electron chi connectivity index (χ3n) is 4.77. The van der Waals surface area contributed by atoms with E-state index in [1.165, 1.54) is 0 Å². The van der Waals surface area contributed by atoms with E-state index >= 15 is 0 Å². The number of aromatic nitrogens is 1. The monoisotopic (exact) mass is 324 g/mol. The molecule has 0 amide bonds. The lowest BCUT2D eigenvalue weighted by molar-refractivity contribution is 0.414. The van der Waals surface area contributed by atoms with Gasteiger partial charge in [0.15, 0.2) is 0 Å². The second kappa shape index (κ2) is 5.98. The molecule has 1 aromatic heterocycles. The van der Waals surface area contributed by atoms with Crippen molar-refractivity contribution in [2.24, 2.45) is 4.99 Å². The summed E-state index contributed by atoms with van der Waals surface area (Å²) in [4.78, 5) is 11.1. The lowest BCUT2D eigenvalue weighted by Gasteiger charge is -2.17. The fourth-order valence-corrected chi connectivity index (χ4v) is 3.54. The van der Waals surface area contributed by atoms with Crippen molar-refractivity contribution in [3.05, 3.63) is 41.3 Å². The maximum absolute atomic E-state index is 14.7. The summed E-state index contributed by atoms with van der Waals surface area (Å²) in [5.41, 5.74) is 4.24. The summed E-state index contributed by atoms with van der Waals surface area (Å²) in [6.07, 6.45) is 4.70. The molecule has 0 saturated carbocycles. The van der Waals surface area contributed by atoms with Crippen LogP contribution in [0.25, 0.3) is 16.5 Å². The van der Waals surface area contributed by atoms with E-state index in [2.05, 4.69) is 27.2 Å². The first-order chi connectivity index (χ1) is 11.6. The summed E-state index contributed by atoms with van der Waals surface area (Å²) < 4.78 is 14.7. The van der Waals surface area contributed by atoms with Crippen LogP contribution in [0.15, 0.2) is 29.3 Å². The highest BCUT2D eigenvalue weighted by Crippen LogP contribution is 2.30. The lowest BCUT2D eigenvalue weighted by atomic mass is 10.0. The Morgan fingerprint density at radius 2 is 2.17 bits per heavy atom. The summed E-state index contributed by atoms with van der Waals surface area (Å²) >= 11 is 0. The van der Waals surface area contributed by atoms with E-state index < -0.39 is 0 Å². The van der Waals surface area contributed by atoms with Crippen LogP contribution in [-0.2, 0) is 0 Å². The Labute approximate surface area is 141 Å². The molecule has 0 bridgehead atoms. The minimum Gasteiger partial charge on any atom is -0.380 e. The number of allylic oxidation sites excluding steroid dienone is 1. The van der Waals surface area contributed by atoms with E-state index in [4.69, 9.17) is 0 Å². The summed E-state index contributed by atoms with van der Waals surface area (Å²) in [5.74, 6) is -0.212. The molecule has 124 valence electrons. The zero-order valence-corrected chi connectivity index (χ0v) is 14.0. The first kappa shape index (κ1) is 15.3. The molecule has 1 aromatic carbocycles. The second-order valence-corrected chi connectivity index (χ2v) is 6.73. The van der Waals surface area contributed by atoms with Gasteiger partial charge in [-0.05, 0) is 56.8 Å². The van der Waals surface area contributed by atoms with Crippen molar-refractivity contribution < 1.29 is 4.39 Å². The molecule has 1 saturated heterocycles. The number of benzene rings is 1. The normalized spacial score (nSPS) is 20.8. The van der Waals surface area contributed by atoms with Gasteiger partial charge < -0.3 is 10.2 Å². The second-order valence-electron chi connectivity index (χ2n) is 6.73. The number of aliphatic imine (C=N–C) groups is 1. The number of hydrogen-bond donors (Lipinski definition) is 1. The number of nitrogens with zero attached hydrogens (tertiary/aromatic N) is 3. The predicted molar refractivity (Wildman–Crippen MR) is 97.3 cm³/mol. The van der Waals surface area contributed by atoms with E-state index in [0.717, 1.165) is 47.4 Å². The molecule has 0 unspecified atom stereocenters. The van der Waals surface area contributed by atoms with E-state index in [9.17, 15) is 4.39 Å². The summed E-state index contributed by atoms with van der Waals surface area (Å²) in [6.45, 7) is 4.61. The van der Waals surface area contributed by atoms with Crippen molar-refractivity contribution in [3.8, 4) is 0 Å². The quantitative estimate of drug-likeness (QED) is 0.942. The van der Waals surface area contributed by atoms with Gasteiger partial charge in [0, 0.05) is 41.1 Å². The lowest BCUT2D eigenvalue weighted by Crippen LogP contribution is -2.23. The van der Waals surface area contributed by atoms with Gasteiger partial charge in [-0.2, -0.15) is 0 Å². The minimum absolute atomic E-state index is 0.212. The van der Waals surface area contributed by atoms with Gasteiger partial charge in [-0.25, -0.2) is 4.39 Å². The topological polar surface area (TPSA) is 40.5 Å². The molecule has 4 nitrogen and oxygen atoms in total. The Kier molecular flexibility index (Phi) is 3.81. The molecule has 2 aromatic rings. The van der Waals surface area contributed by atoms with Crippen LogP contribution in [0.5, 0.6) is 0 Å². The van der Waals surface area contributed by atoms with Crippen molar-refractivity contribution in [1.29, 1.82) is 0 Å². The van der Waals surface area contributed by atoms with Crippen molar-refractivity contribution in [2.45, 2.75) is 19.4 Å². The van der Waals surface area contributed by atoms with Gasteiger partial charge in [0.1, 0.15) is 5.82 Å². The number of hydrogen-bond acceptors (Lipinski definition) is 4. The van der Waals surface area contributed by atoms with Crippen molar-refractivity contribution in [3.63, 3.8) is 0 Å². The number of rotatable bonds is 3. The van der Waals surface area contributed by atoms with E-state index in [0.29, 0.717) is 18.2 Å². The Morgan fingerprint density at radius 3 is 2.88 bits per heavy atom. The molecule has 0 aliphatic carbocycles. The van der Waals surface area contributed by atoms with Gasteiger partial charge in [-0.3, -0.25) is 9.98 Å². The summed E-state index contributed by atoms with van der Waals surface area (Å²) in [7, 11) is 2.13. The molecule has 2 aliphatic rings. The predicted octanol–water partition coefficient (Wildman–Crippen LogP) is 3.27. The highest BCUT2D eigenvalue weighted by molar-refractivity contribution is 5.96. The number of likely N-dealkylation sites (N-methyl/N-ethyl adjacent to an activating group) is 1. The largest absolute Gasteiger partial charge is 0.380 e. The van der Waals surface area contributed by atoms with Gasteiger partial charge in [0.25, 0.3) is 0 Å². The van der Waals surface area contributed by atoms with Crippen LogP contribution in [-0.4, -0.2) is 48.8 Å². The molecule has 1 fully saturated rings. The highest BCUT2D eigenvalue weighted by atomic mass is 19.1. The third-order valence-corrected chi connectivity index (χ3v) is 4.77. The number of fused-ring (bicyclic) bond motifs is 1. The van der Waals surface area contributed by atoms with Crippen LogP contribution in [0.2, 0.25) is 0 Å². The molecule has 1 N–H and O–H groups in total. The summed E-state index contributed by atoms with van der Waals surface area (Å²) in [5, 5.41) is 4.43. The SMILES string of the molecule is Cc1cc(N[C@@H]2CCN(C)C2)c2cc(F)c(C3=CC=NC3)cc2n1. The molecule has 4 rings (SSSR count). The Hall–Kier alpha value is -2.27. The average molecular weight is 324 g/mol. The van der Waals surface area contributed by atoms with E-state index in [1.807, 2.05) is 25.1 Å². The van der Waals surface area contributed by atoms with Crippen LogP contribution < -0.4 is 5.32 Å². The van der Waals surface area contributed by atoms with E-state index in [-0.39, 0.29) is 5.82 Å². The first-order valence-electron chi connectivity index (χ1n) is 8.35. The fraction of sp³-hybridized carbons (Fsp3) is 0.368. The zero-order valence-electron chi connectivity index (χ0n) is 14.0. The maximum atomic E-state index is 14.7. The molecular weight excluding hydrogens is 303 g/mol. The number of pyridine rings is 1. The molecule has 5 heteroatoms. The minimum atomic E-state index is -0.212. The molecule has 3 heterocycles. The standard InChI is InChI=1S/C19H21FN4/c1-12-7-18(23-14-4-6-24(2)11-14)16-8-17(20)15(9-19(16)22-12)13-3-5-21-10-13/h3,5,7-9,14H,4,6,10-11H2,1-2H3,(H,22,23)/t14-/m1/s1. The maximum Gasteiger partial charge on any atom is 0.131 e.